The predicted octanol–water partition coefficient (Wildman–Crippen LogP) is 2.78. The highest BCUT2D eigenvalue weighted by molar-refractivity contribution is 14.1. The van der Waals surface area contributed by atoms with Crippen molar-refractivity contribution in [1.82, 2.24) is 4.90 Å². The van der Waals surface area contributed by atoms with Crippen LogP contribution in [0, 0.1) is 3.57 Å². The second-order valence-corrected chi connectivity index (χ2v) is 4.49. The molecular formula is C12H16INO2. The molecule has 3 nitrogen and oxygen atoms in total. The second kappa shape index (κ2) is 6.08. The summed E-state index contributed by atoms with van der Waals surface area (Å²) >= 11 is 2.16. The van der Waals surface area contributed by atoms with Crippen molar-refractivity contribution in [2.75, 3.05) is 20.2 Å². The summed E-state index contributed by atoms with van der Waals surface area (Å²) in [6.45, 7) is 5.43. The molecule has 16 heavy (non-hydrogen) atoms. The third-order valence-corrected chi connectivity index (χ3v) is 3.35. The molecule has 0 atom stereocenters. The van der Waals surface area contributed by atoms with Crippen molar-refractivity contribution in [2.24, 2.45) is 0 Å². The summed E-state index contributed by atoms with van der Waals surface area (Å²) in [7, 11) is 1.62. The van der Waals surface area contributed by atoms with Gasteiger partial charge in [0.25, 0.3) is 5.91 Å². The van der Waals surface area contributed by atoms with E-state index in [0.717, 1.165) is 28.0 Å². The molecule has 0 heterocycles. The fraction of sp³-hybridized carbons (Fsp3) is 0.417. The van der Waals surface area contributed by atoms with Gasteiger partial charge >= 0.3 is 0 Å². The van der Waals surface area contributed by atoms with Gasteiger partial charge < -0.3 is 9.64 Å². The van der Waals surface area contributed by atoms with Crippen molar-refractivity contribution in [3.8, 4) is 5.75 Å². The lowest BCUT2D eigenvalue weighted by Crippen LogP contribution is -2.31. The summed E-state index contributed by atoms with van der Waals surface area (Å²) in [4.78, 5) is 13.9. The van der Waals surface area contributed by atoms with Crippen LogP contribution in [0.5, 0.6) is 5.75 Å². The van der Waals surface area contributed by atoms with Crippen LogP contribution >= 0.6 is 22.6 Å². The van der Waals surface area contributed by atoms with Crippen LogP contribution in [0.3, 0.4) is 0 Å². The number of hydrogen-bond donors (Lipinski definition) is 0. The number of benzene rings is 1. The van der Waals surface area contributed by atoms with Crippen LogP contribution < -0.4 is 4.74 Å². The number of hydrogen-bond acceptors (Lipinski definition) is 2. The van der Waals surface area contributed by atoms with Crippen molar-refractivity contribution in [1.29, 1.82) is 0 Å². The molecular weight excluding hydrogens is 317 g/mol. The molecule has 0 radical (unpaired) electrons. The first kappa shape index (κ1) is 13.3. The lowest BCUT2D eigenvalue weighted by molar-refractivity contribution is 0.0772. The lowest BCUT2D eigenvalue weighted by atomic mass is 10.2. The van der Waals surface area contributed by atoms with E-state index in [1.807, 2.05) is 36.9 Å². The molecule has 0 fully saturated rings. The minimum Gasteiger partial charge on any atom is -0.497 e. The molecule has 88 valence electrons. The Bertz CT molecular complexity index is 375. The second-order valence-electron chi connectivity index (χ2n) is 3.32. The highest BCUT2D eigenvalue weighted by Gasteiger charge is 2.15. The molecule has 4 heteroatoms. The molecule has 0 saturated heterocycles. The van der Waals surface area contributed by atoms with Crippen LogP contribution in [0.15, 0.2) is 18.2 Å². The third kappa shape index (κ3) is 2.87. The fourth-order valence-corrected chi connectivity index (χ4v) is 2.19. The molecule has 0 saturated carbocycles. The van der Waals surface area contributed by atoms with Crippen molar-refractivity contribution < 1.29 is 9.53 Å². The van der Waals surface area contributed by atoms with Crippen LogP contribution in [-0.4, -0.2) is 31.0 Å². The predicted molar refractivity (Wildman–Crippen MR) is 73.0 cm³/mol. The Labute approximate surface area is 110 Å². The van der Waals surface area contributed by atoms with Crippen LogP contribution in [0.2, 0.25) is 0 Å². The Morgan fingerprint density at radius 2 is 2.00 bits per heavy atom. The number of nitrogens with zero attached hydrogens (tertiary/aromatic N) is 1. The van der Waals surface area contributed by atoms with Crippen LogP contribution in [0.25, 0.3) is 0 Å². The number of methoxy groups -OCH3 is 1. The van der Waals surface area contributed by atoms with Gasteiger partial charge in [-0.25, -0.2) is 0 Å². The lowest BCUT2D eigenvalue weighted by Gasteiger charge is -2.19. The Morgan fingerprint density at radius 1 is 1.38 bits per heavy atom. The van der Waals surface area contributed by atoms with Crippen molar-refractivity contribution in [3.63, 3.8) is 0 Å². The van der Waals surface area contributed by atoms with Crippen LogP contribution in [0.1, 0.15) is 24.2 Å². The van der Waals surface area contributed by atoms with Crippen LogP contribution in [-0.2, 0) is 0 Å². The van der Waals surface area contributed by atoms with E-state index >= 15 is 0 Å². The number of carbonyl (C=O) groups excluding carboxylic acids is 1. The minimum atomic E-state index is 0.0806. The van der Waals surface area contributed by atoms with Gasteiger partial charge in [0.1, 0.15) is 5.75 Å². The number of rotatable bonds is 4. The topological polar surface area (TPSA) is 29.5 Å². The van der Waals surface area contributed by atoms with Gasteiger partial charge in [0, 0.05) is 16.7 Å². The highest BCUT2D eigenvalue weighted by atomic mass is 127. The molecule has 0 aliphatic carbocycles. The fourth-order valence-electron chi connectivity index (χ4n) is 1.48. The summed E-state index contributed by atoms with van der Waals surface area (Å²) in [5.74, 6) is 0.859. The van der Waals surface area contributed by atoms with Gasteiger partial charge in [-0.3, -0.25) is 4.79 Å². The van der Waals surface area contributed by atoms with E-state index in [4.69, 9.17) is 4.74 Å². The van der Waals surface area contributed by atoms with E-state index < -0.39 is 0 Å². The molecule has 1 rings (SSSR count). The average molecular weight is 333 g/mol. The van der Waals surface area contributed by atoms with Crippen molar-refractivity contribution in [3.05, 3.63) is 27.3 Å². The van der Waals surface area contributed by atoms with Gasteiger partial charge in [0.2, 0.25) is 0 Å². The minimum absolute atomic E-state index is 0.0806. The summed E-state index contributed by atoms with van der Waals surface area (Å²) in [5.41, 5.74) is 0.741. The summed E-state index contributed by atoms with van der Waals surface area (Å²) in [5, 5.41) is 0. The molecule has 1 amide bonds. The third-order valence-electron chi connectivity index (χ3n) is 2.46. The number of halogens is 1. The molecule has 1 aromatic rings. The number of amides is 1. The molecule has 0 aromatic heterocycles. The van der Waals surface area contributed by atoms with Gasteiger partial charge in [0.05, 0.1) is 12.7 Å². The molecule has 0 N–H and O–H groups in total. The zero-order chi connectivity index (χ0) is 12.1. The summed E-state index contributed by atoms with van der Waals surface area (Å²) < 4.78 is 6.04. The molecule has 0 aliphatic rings. The smallest absolute Gasteiger partial charge is 0.254 e. The van der Waals surface area contributed by atoms with E-state index in [2.05, 4.69) is 22.6 Å². The van der Waals surface area contributed by atoms with Gasteiger partial charge in [-0.1, -0.05) is 0 Å². The normalized spacial score (nSPS) is 10.0. The Morgan fingerprint density at radius 3 is 2.44 bits per heavy atom. The number of carbonyl (C=O) groups is 1. The molecule has 1 aromatic carbocycles. The van der Waals surface area contributed by atoms with E-state index in [1.165, 1.54) is 0 Å². The monoisotopic (exact) mass is 333 g/mol. The quantitative estimate of drug-likeness (QED) is 0.793. The zero-order valence-corrected chi connectivity index (χ0v) is 11.9. The molecule has 0 unspecified atom stereocenters. The van der Waals surface area contributed by atoms with Crippen molar-refractivity contribution >= 4 is 28.5 Å². The maximum Gasteiger partial charge on any atom is 0.254 e. The van der Waals surface area contributed by atoms with Crippen molar-refractivity contribution in [2.45, 2.75) is 13.8 Å². The van der Waals surface area contributed by atoms with E-state index in [1.54, 1.807) is 7.11 Å². The van der Waals surface area contributed by atoms with Gasteiger partial charge in [0.15, 0.2) is 0 Å². The largest absolute Gasteiger partial charge is 0.497 e. The Kier molecular flexibility index (Phi) is 5.05. The van der Waals surface area contributed by atoms with E-state index in [9.17, 15) is 4.79 Å². The standard InChI is InChI=1S/C12H16INO2/c1-4-14(5-2)12(15)10-7-6-9(16-3)8-11(10)13/h6-8H,4-5H2,1-3H3. The summed E-state index contributed by atoms with van der Waals surface area (Å²) in [6, 6.07) is 5.51. The number of ether oxygens (including phenoxy) is 1. The first-order valence-electron chi connectivity index (χ1n) is 5.26. The van der Waals surface area contributed by atoms with E-state index in [0.29, 0.717) is 0 Å². The molecule has 0 bridgehead atoms. The van der Waals surface area contributed by atoms with Gasteiger partial charge in [-0.15, -0.1) is 0 Å². The zero-order valence-electron chi connectivity index (χ0n) is 9.79. The van der Waals surface area contributed by atoms with E-state index in [-0.39, 0.29) is 5.91 Å². The maximum absolute atomic E-state index is 12.1. The highest BCUT2D eigenvalue weighted by Crippen LogP contribution is 2.20. The van der Waals surface area contributed by atoms with Crippen LogP contribution in [0.4, 0.5) is 0 Å². The van der Waals surface area contributed by atoms with Gasteiger partial charge in [-0.2, -0.15) is 0 Å². The Hall–Kier alpha value is -0.780. The van der Waals surface area contributed by atoms with Gasteiger partial charge in [-0.05, 0) is 54.6 Å². The molecule has 0 aliphatic heterocycles. The Balaban J connectivity index is 3.00. The first-order valence-corrected chi connectivity index (χ1v) is 6.34. The average Bonchev–Trinajstić information content (AvgIpc) is 2.30. The summed E-state index contributed by atoms with van der Waals surface area (Å²) in [6.07, 6.45) is 0. The first-order chi connectivity index (χ1) is 7.63. The maximum atomic E-state index is 12.1. The molecule has 0 spiro atoms. The SMILES string of the molecule is CCN(CC)C(=O)c1ccc(OC)cc1I.